The first-order chi connectivity index (χ1) is 16.2. The molecule has 3 rings (SSSR count). The summed E-state index contributed by atoms with van der Waals surface area (Å²) >= 11 is 0. The highest BCUT2D eigenvalue weighted by Crippen LogP contribution is 2.37. The van der Waals surface area contributed by atoms with Crippen molar-refractivity contribution in [1.82, 2.24) is 0 Å². The number of halogens is 3. The van der Waals surface area contributed by atoms with E-state index < -0.39 is 60.9 Å². The van der Waals surface area contributed by atoms with E-state index in [2.05, 4.69) is 0 Å². The third-order valence-corrected chi connectivity index (χ3v) is 6.26. The molecule has 0 aromatic heterocycles. The van der Waals surface area contributed by atoms with Crippen molar-refractivity contribution in [3.63, 3.8) is 0 Å². The largest absolute Gasteiger partial charge is 0.491 e. The molecule has 2 unspecified atom stereocenters. The van der Waals surface area contributed by atoms with Crippen LogP contribution in [-0.2, 0) is 15.7 Å². The van der Waals surface area contributed by atoms with Gasteiger partial charge in [0.1, 0.15) is 18.5 Å². The van der Waals surface area contributed by atoms with Crippen LogP contribution >= 0.6 is 0 Å². The Hall–Kier alpha value is -1.69. The van der Waals surface area contributed by atoms with Gasteiger partial charge in [0.15, 0.2) is 6.29 Å². The Kier molecular flexibility index (Phi) is 9.75. The van der Waals surface area contributed by atoms with Crippen LogP contribution in [0.25, 0.3) is 0 Å². The first-order valence-electron chi connectivity index (χ1n) is 11.6. The maximum atomic E-state index is 13.0. The van der Waals surface area contributed by atoms with Gasteiger partial charge in [-0.05, 0) is 49.8 Å². The second-order valence-corrected chi connectivity index (χ2v) is 8.88. The molecule has 192 valence electrons. The van der Waals surface area contributed by atoms with Crippen molar-refractivity contribution in [3.8, 4) is 5.75 Å². The Morgan fingerprint density at radius 3 is 2.65 bits per heavy atom. The normalized spacial score (nSPS) is 29.9. The van der Waals surface area contributed by atoms with E-state index in [1.807, 2.05) is 0 Å². The zero-order valence-corrected chi connectivity index (χ0v) is 18.8. The second kappa shape index (κ2) is 12.3. The summed E-state index contributed by atoms with van der Waals surface area (Å²) in [5, 5.41) is 39.7. The van der Waals surface area contributed by atoms with Crippen LogP contribution in [0, 0.1) is 11.8 Å². The van der Waals surface area contributed by atoms with Crippen molar-refractivity contribution < 1.29 is 47.8 Å². The molecule has 1 aliphatic heterocycles. The molecule has 2 aliphatic rings. The van der Waals surface area contributed by atoms with E-state index in [-0.39, 0.29) is 25.2 Å². The maximum Gasteiger partial charge on any atom is 0.416 e. The number of aliphatic hydroxyl groups is 4. The Labute approximate surface area is 196 Å². The van der Waals surface area contributed by atoms with Crippen LogP contribution in [0.5, 0.6) is 5.75 Å². The predicted molar refractivity (Wildman–Crippen MR) is 116 cm³/mol. The summed E-state index contributed by atoms with van der Waals surface area (Å²) in [6.45, 7) is 0.00252. The van der Waals surface area contributed by atoms with Crippen molar-refractivity contribution in [1.29, 1.82) is 0 Å². The Morgan fingerprint density at radius 1 is 1.18 bits per heavy atom. The van der Waals surface area contributed by atoms with Crippen molar-refractivity contribution in [2.75, 3.05) is 19.8 Å². The lowest BCUT2D eigenvalue weighted by Gasteiger charge is -2.27. The molecule has 0 bridgehead atoms. The summed E-state index contributed by atoms with van der Waals surface area (Å²) in [6, 6.07) is 4.57. The molecule has 0 amide bonds. The van der Waals surface area contributed by atoms with E-state index >= 15 is 0 Å². The molecule has 0 spiro atoms. The monoisotopic (exact) mass is 490 g/mol. The van der Waals surface area contributed by atoms with E-state index in [1.165, 1.54) is 12.1 Å². The lowest BCUT2D eigenvalue weighted by molar-refractivity contribution is -0.182. The van der Waals surface area contributed by atoms with Gasteiger partial charge in [-0.3, -0.25) is 0 Å². The zero-order chi connectivity index (χ0) is 24.7. The highest BCUT2D eigenvalue weighted by atomic mass is 19.4. The number of rotatable bonds is 10. The lowest BCUT2D eigenvalue weighted by Crippen LogP contribution is -2.31. The van der Waals surface area contributed by atoms with E-state index in [4.69, 9.17) is 19.3 Å². The number of alkyl halides is 3. The zero-order valence-electron chi connectivity index (χ0n) is 18.8. The highest BCUT2D eigenvalue weighted by Gasteiger charge is 2.41. The van der Waals surface area contributed by atoms with Gasteiger partial charge in [0, 0.05) is 18.9 Å². The van der Waals surface area contributed by atoms with E-state index in [1.54, 1.807) is 12.2 Å². The van der Waals surface area contributed by atoms with E-state index in [0.29, 0.717) is 13.0 Å². The fourth-order valence-electron chi connectivity index (χ4n) is 4.44. The van der Waals surface area contributed by atoms with Crippen molar-refractivity contribution >= 4 is 0 Å². The molecule has 1 aliphatic carbocycles. The Balaban J connectivity index is 1.71. The number of hydrogen-bond donors (Lipinski definition) is 4. The smallest absolute Gasteiger partial charge is 0.416 e. The van der Waals surface area contributed by atoms with Crippen LogP contribution in [0.3, 0.4) is 0 Å². The molecule has 0 radical (unpaired) electrons. The molecular formula is C24H33F3O7. The number of hydrogen-bond acceptors (Lipinski definition) is 7. The maximum absolute atomic E-state index is 13.0. The second-order valence-electron chi connectivity index (χ2n) is 8.88. The van der Waals surface area contributed by atoms with Crippen molar-refractivity contribution in [2.45, 2.75) is 69.0 Å². The van der Waals surface area contributed by atoms with Crippen LogP contribution in [0.1, 0.15) is 37.7 Å². The van der Waals surface area contributed by atoms with Crippen molar-refractivity contribution in [2.24, 2.45) is 11.8 Å². The van der Waals surface area contributed by atoms with E-state index in [9.17, 15) is 28.5 Å². The van der Waals surface area contributed by atoms with Gasteiger partial charge in [-0.25, -0.2) is 0 Å². The minimum Gasteiger partial charge on any atom is -0.491 e. The average molecular weight is 491 g/mol. The van der Waals surface area contributed by atoms with Gasteiger partial charge < -0.3 is 34.6 Å². The summed E-state index contributed by atoms with van der Waals surface area (Å²) < 4.78 is 56.2. The quantitative estimate of drug-likeness (QED) is 0.374. The summed E-state index contributed by atoms with van der Waals surface area (Å²) in [5.41, 5.74) is -0.818. The molecule has 1 aromatic carbocycles. The molecule has 7 nitrogen and oxygen atoms in total. The Bertz CT molecular complexity index is 782. The Morgan fingerprint density at radius 2 is 1.97 bits per heavy atom. The molecule has 10 heteroatoms. The standard InChI is InChI=1S/C24H33F3O7/c25-24(26,27)15-4-3-5-17(10-15)33-14-18(34-23-6-1-2-9-32-23)7-8-19-20(11-16(29)13-28)22(31)12-21(19)30/h3-5,7-8,10,16,18-23,28-31H,1-2,6,9,11-14H2/t16?,18-,19-,20-,21-,22+,23?/m1/s1. The molecule has 1 heterocycles. The molecule has 7 atom stereocenters. The summed E-state index contributed by atoms with van der Waals surface area (Å²) in [6.07, 6.45) is -2.29. The molecular weight excluding hydrogens is 457 g/mol. The third-order valence-electron chi connectivity index (χ3n) is 6.26. The minimum absolute atomic E-state index is 0.0432. The lowest BCUT2D eigenvalue weighted by atomic mass is 9.88. The SMILES string of the molecule is OCC(O)C[C@@H]1[C@@H](C=C[C@H](COc2cccc(C(F)(F)F)c2)OC2CCCCO2)[C@H](O)C[C@@H]1O. The summed E-state index contributed by atoms with van der Waals surface area (Å²) in [7, 11) is 0. The van der Waals surface area contributed by atoms with Crippen LogP contribution in [-0.4, -0.2) is 71.0 Å². The number of aliphatic hydroxyl groups excluding tert-OH is 4. The summed E-state index contributed by atoms with van der Waals surface area (Å²) in [5.74, 6) is -0.922. The van der Waals surface area contributed by atoms with Gasteiger partial charge in [-0.2, -0.15) is 13.2 Å². The van der Waals surface area contributed by atoms with Crippen LogP contribution in [0.4, 0.5) is 13.2 Å². The average Bonchev–Trinajstić information content (AvgIpc) is 3.07. The van der Waals surface area contributed by atoms with Gasteiger partial charge in [-0.15, -0.1) is 0 Å². The van der Waals surface area contributed by atoms with Crippen LogP contribution < -0.4 is 4.74 Å². The van der Waals surface area contributed by atoms with Gasteiger partial charge >= 0.3 is 6.18 Å². The number of benzene rings is 1. The minimum atomic E-state index is -4.49. The molecule has 2 fully saturated rings. The predicted octanol–water partition coefficient (Wildman–Crippen LogP) is 2.65. The summed E-state index contributed by atoms with van der Waals surface area (Å²) in [4.78, 5) is 0. The van der Waals surface area contributed by atoms with Gasteiger partial charge in [0.25, 0.3) is 0 Å². The molecule has 34 heavy (non-hydrogen) atoms. The molecule has 4 N–H and O–H groups in total. The van der Waals surface area contributed by atoms with Gasteiger partial charge in [0.2, 0.25) is 0 Å². The fourth-order valence-corrected chi connectivity index (χ4v) is 4.44. The van der Waals surface area contributed by atoms with Gasteiger partial charge in [-0.1, -0.05) is 18.2 Å². The first kappa shape index (κ1) is 26.9. The van der Waals surface area contributed by atoms with Crippen LogP contribution in [0.2, 0.25) is 0 Å². The topological polar surface area (TPSA) is 109 Å². The van der Waals surface area contributed by atoms with E-state index in [0.717, 1.165) is 25.0 Å². The van der Waals surface area contributed by atoms with Crippen molar-refractivity contribution in [3.05, 3.63) is 42.0 Å². The molecule has 1 aromatic rings. The highest BCUT2D eigenvalue weighted by molar-refractivity contribution is 5.30. The number of ether oxygens (including phenoxy) is 3. The van der Waals surface area contributed by atoms with Gasteiger partial charge in [0.05, 0.1) is 30.5 Å². The fraction of sp³-hybridized carbons (Fsp3) is 0.667. The molecule has 1 saturated carbocycles. The van der Waals surface area contributed by atoms with Crippen LogP contribution in [0.15, 0.2) is 36.4 Å². The first-order valence-corrected chi connectivity index (χ1v) is 11.6. The third kappa shape index (κ3) is 7.66. The molecule has 1 saturated heterocycles.